The third-order valence-electron chi connectivity index (χ3n) is 4.17. The molecule has 2 heterocycles. The van der Waals surface area contributed by atoms with Gasteiger partial charge in [0.2, 0.25) is 0 Å². The number of nitrogens with one attached hydrogen (secondary N) is 1. The zero-order valence-corrected chi connectivity index (χ0v) is 12.5. The summed E-state index contributed by atoms with van der Waals surface area (Å²) in [5, 5.41) is 3.45. The summed E-state index contributed by atoms with van der Waals surface area (Å²) < 4.78 is 6.16. The number of nitrogens with zero attached hydrogens (tertiary/aromatic N) is 1. The van der Waals surface area contributed by atoms with Gasteiger partial charge in [0.05, 0.1) is 6.10 Å². The van der Waals surface area contributed by atoms with Crippen molar-refractivity contribution in [2.45, 2.75) is 25.9 Å². The minimum atomic E-state index is 0.241. The van der Waals surface area contributed by atoms with Crippen molar-refractivity contribution in [3.63, 3.8) is 0 Å². The van der Waals surface area contributed by atoms with E-state index in [4.69, 9.17) is 4.74 Å². The smallest absolute Gasteiger partial charge is 0.120 e. The molecule has 1 aliphatic heterocycles. The zero-order valence-electron chi connectivity index (χ0n) is 12.5. The van der Waals surface area contributed by atoms with Gasteiger partial charge in [0.1, 0.15) is 5.75 Å². The highest BCUT2D eigenvalue weighted by Crippen LogP contribution is 2.26. The molecule has 1 aromatic heterocycles. The highest BCUT2D eigenvalue weighted by Gasteiger charge is 2.21. The first-order chi connectivity index (χ1) is 10.3. The Kier molecular flexibility index (Phi) is 4.51. The maximum Gasteiger partial charge on any atom is 0.120 e. The number of hydrogen-bond donors (Lipinski definition) is 1. The van der Waals surface area contributed by atoms with Gasteiger partial charge in [-0.05, 0) is 61.7 Å². The van der Waals surface area contributed by atoms with Crippen LogP contribution in [-0.2, 0) is 0 Å². The zero-order chi connectivity index (χ0) is 14.5. The molecule has 1 aromatic carbocycles. The van der Waals surface area contributed by atoms with Gasteiger partial charge in [-0.3, -0.25) is 4.98 Å². The number of hydrogen-bond acceptors (Lipinski definition) is 3. The number of benzene rings is 1. The Morgan fingerprint density at radius 3 is 2.81 bits per heavy atom. The van der Waals surface area contributed by atoms with Gasteiger partial charge in [0.15, 0.2) is 0 Å². The predicted molar refractivity (Wildman–Crippen MR) is 85.4 cm³/mol. The summed E-state index contributed by atoms with van der Waals surface area (Å²) in [6, 6.07) is 12.4. The minimum Gasteiger partial charge on any atom is -0.490 e. The molecule has 21 heavy (non-hydrogen) atoms. The molecule has 1 saturated heterocycles. The molecule has 0 amide bonds. The molecule has 1 fully saturated rings. The van der Waals surface area contributed by atoms with Gasteiger partial charge >= 0.3 is 0 Å². The molecule has 0 bridgehead atoms. The first-order valence-electron chi connectivity index (χ1n) is 7.71. The Hall–Kier alpha value is -1.87. The van der Waals surface area contributed by atoms with E-state index in [0.717, 1.165) is 18.8 Å². The van der Waals surface area contributed by atoms with Crippen LogP contribution in [0.1, 0.15) is 19.8 Å². The summed E-state index contributed by atoms with van der Waals surface area (Å²) in [5.41, 5.74) is 2.34. The number of piperidine rings is 1. The van der Waals surface area contributed by atoms with Crippen molar-refractivity contribution in [2.75, 3.05) is 13.1 Å². The van der Waals surface area contributed by atoms with Crippen LogP contribution in [0.25, 0.3) is 11.1 Å². The molecule has 2 aromatic rings. The molecule has 2 unspecified atom stereocenters. The second-order valence-electron chi connectivity index (χ2n) is 5.69. The van der Waals surface area contributed by atoms with E-state index >= 15 is 0 Å². The molecule has 1 aliphatic rings. The van der Waals surface area contributed by atoms with Gasteiger partial charge < -0.3 is 10.1 Å². The van der Waals surface area contributed by atoms with Gasteiger partial charge in [-0.15, -0.1) is 0 Å². The molecule has 1 N–H and O–H groups in total. The Labute approximate surface area is 126 Å². The van der Waals surface area contributed by atoms with E-state index in [2.05, 4.69) is 35.4 Å². The Bertz CT molecular complexity index is 564. The van der Waals surface area contributed by atoms with Crippen LogP contribution in [0.3, 0.4) is 0 Å². The molecule has 3 rings (SSSR count). The van der Waals surface area contributed by atoms with E-state index in [0.29, 0.717) is 5.92 Å². The van der Waals surface area contributed by atoms with E-state index < -0.39 is 0 Å². The summed E-state index contributed by atoms with van der Waals surface area (Å²) in [7, 11) is 0. The fourth-order valence-electron chi connectivity index (χ4n) is 2.88. The van der Waals surface area contributed by atoms with Crippen LogP contribution >= 0.6 is 0 Å². The summed E-state index contributed by atoms with van der Waals surface area (Å²) >= 11 is 0. The van der Waals surface area contributed by atoms with Crippen LogP contribution in [0.5, 0.6) is 5.75 Å². The maximum atomic E-state index is 6.16. The van der Waals surface area contributed by atoms with Crippen LogP contribution in [0.4, 0.5) is 0 Å². The number of ether oxygens (including phenoxy) is 1. The van der Waals surface area contributed by atoms with Crippen molar-refractivity contribution in [2.24, 2.45) is 5.92 Å². The van der Waals surface area contributed by atoms with E-state index in [9.17, 15) is 0 Å². The van der Waals surface area contributed by atoms with Crippen LogP contribution in [0.2, 0.25) is 0 Å². The van der Waals surface area contributed by atoms with Crippen molar-refractivity contribution in [3.05, 3.63) is 48.8 Å². The van der Waals surface area contributed by atoms with Crippen LogP contribution in [0, 0.1) is 5.92 Å². The van der Waals surface area contributed by atoms with Crippen molar-refractivity contribution in [1.29, 1.82) is 0 Å². The van der Waals surface area contributed by atoms with Gasteiger partial charge in [0.25, 0.3) is 0 Å². The van der Waals surface area contributed by atoms with Crippen LogP contribution in [0.15, 0.2) is 48.8 Å². The second-order valence-corrected chi connectivity index (χ2v) is 5.69. The standard InChI is InChI=1S/C18H22N2O/c1-14(17-5-3-9-20-13-17)21-18-6-2-4-16(12-18)15-7-10-19-11-8-15/h2,4,6-8,10-12,14,17,20H,3,5,9,13H2,1H3. The van der Waals surface area contributed by atoms with Crippen molar-refractivity contribution >= 4 is 0 Å². The third kappa shape index (κ3) is 3.61. The molecular weight excluding hydrogens is 260 g/mol. The molecule has 110 valence electrons. The molecule has 3 nitrogen and oxygen atoms in total. The lowest BCUT2D eigenvalue weighted by molar-refractivity contribution is 0.131. The molecule has 0 radical (unpaired) electrons. The summed E-state index contributed by atoms with van der Waals surface area (Å²) in [4.78, 5) is 4.06. The normalized spacial score (nSPS) is 20.0. The topological polar surface area (TPSA) is 34.1 Å². The molecule has 2 atom stereocenters. The van der Waals surface area contributed by atoms with Crippen molar-refractivity contribution < 1.29 is 4.74 Å². The lowest BCUT2D eigenvalue weighted by Crippen LogP contribution is -2.37. The summed E-state index contributed by atoms with van der Waals surface area (Å²) in [6.07, 6.45) is 6.37. The Balaban J connectivity index is 1.71. The monoisotopic (exact) mass is 282 g/mol. The average molecular weight is 282 g/mol. The van der Waals surface area contributed by atoms with E-state index in [1.165, 1.54) is 24.0 Å². The van der Waals surface area contributed by atoms with E-state index in [-0.39, 0.29) is 6.10 Å². The van der Waals surface area contributed by atoms with Crippen LogP contribution in [-0.4, -0.2) is 24.2 Å². The van der Waals surface area contributed by atoms with Gasteiger partial charge in [-0.25, -0.2) is 0 Å². The lowest BCUT2D eigenvalue weighted by atomic mass is 9.94. The quantitative estimate of drug-likeness (QED) is 0.931. The van der Waals surface area contributed by atoms with E-state index in [1.807, 2.05) is 30.6 Å². The van der Waals surface area contributed by atoms with Crippen molar-refractivity contribution in [1.82, 2.24) is 10.3 Å². The van der Waals surface area contributed by atoms with Crippen LogP contribution < -0.4 is 10.1 Å². The third-order valence-corrected chi connectivity index (χ3v) is 4.17. The SMILES string of the molecule is CC(Oc1cccc(-c2ccncc2)c1)C1CCCNC1. The molecule has 3 heteroatoms. The molecule has 0 aliphatic carbocycles. The van der Waals surface area contributed by atoms with Gasteiger partial charge in [-0.1, -0.05) is 12.1 Å². The number of aromatic nitrogens is 1. The molecule has 0 spiro atoms. The van der Waals surface area contributed by atoms with Crippen molar-refractivity contribution in [3.8, 4) is 16.9 Å². The highest BCUT2D eigenvalue weighted by atomic mass is 16.5. The van der Waals surface area contributed by atoms with Gasteiger partial charge in [-0.2, -0.15) is 0 Å². The predicted octanol–water partition coefficient (Wildman–Crippen LogP) is 3.52. The highest BCUT2D eigenvalue weighted by molar-refractivity contribution is 5.64. The molecule has 0 saturated carbocycles. The first kappa shape index (κ1) is 14.1. The van der Waals surface area contributed by atoms with E-state index in [1.54, 1.807) is 0 Å². The Morgan fingerprint density at radius 1 is 1.19 bits per heavy atom. The fourth-order valence-corrected chi connectivity index (χ4v) is 2.88. The average Bonchev–Trinajstić information content (AvgIpc) is 2.57. The van der Waals surface area contributed by atoms with Gasteiger partial charge in [0, 0.05) is 24.9 Å². The first-order valence-corrected chi connectivity index (χ1v) is 7.71. The summed E-state index contributed by atoms with van der Waals surface area (Å²) in [5.74, 6) is 1.55. The largest absolute Gasteiger partial charge is 0.490 e. The number of pyridine rings is 1. The summed E-state index contributed by atoms with van der Waals surface area (Å²) in [6.45, 7) is 4.38. The Morgan fingerprint density at radius 2 is 2.05 bits per heavy atom. The lowest BCUT2D eigenvalue weighted by Gasteiger charge is -2.28. The maximum absolute atomic E-state index is 6.16. The number of rotatable bonds is 4. The fraction of sp³-hybridized carbons (Fsp3) is 0.389. The molecular formula is C18H22N2O. The second kappa shape index (κ2) is 6.72. The minimum absolute atomic E-state index is 0.241.